The molecule has 0 amide bonds. The van der Waals surface area contributed by atoms with Crippen molar-refractivity contribution in [2.75, 3.05) is 0 Å². The number of aromatic nitrogens is 1. The second-order valence-corrected chi connectivity index (χ2v) is 18.4. The summed E-state index contributed by atoms with van der Waals surface area (Å²) >= 11 is -1.90. The van der Waals surface area contributed by atoms with E-state index < -0.39 is 13.3 Å². The molecule has 0 saturated carbocycles. The fraction of sp³-hybridized carbons (Fsp3) is 0.450. The fourth-order valence-corrected chi connectivity index (χ4v) is 6.90. The van der Waals surface area contributed by atoms with Crippen LogP contribution in [-0.4, -0.2) is 13.3 Å². The molecule has 1 aromatic heterocycles. The van der Waals surface area contributed by atoms with Crippen LogP contribution in [0.15, 0.2) is 30.5 Å². The topological polar surface area (TPSA) is 3.88 Å². The van der Waals surface area contributed by atoms with E-state index in [0.717, 1.165) is 0 Å². The van der Waals surface area contributed by atoms with Crippen molar-refractivity contribution in [1.29, 1.82) is 0 Å². The molecule has 1 heterocycles. The summed E-state index contributed by atoms with van der Waals surface area (Å²) in [5, 5.41) is 0. The van der Waals surface area contributed by atoms with E-state index in [0.29, 0.717) is 5.92 Å². The summed E-state index contributed by atoms with van der Waals surface area (Å²) < 4.78 is 3.95. The summed E-state index contributed by atoms with van der Waals surface area (Å²) in [6.45, 7) is 9.00. The van der Waals surface area contributed by atoms with Gasteiger partial charge in [-0.3, -0.25) is 0 Å². The minimum atomic E-state index is -1.90. The predicted molar refractivity (Wildman–Crippen MR) is 99.6 cm³/mol. The standard InChI is InChI=1S/C20H30GeN/c1-14(2)18-13-22(8)20(12-19(18)21(5,6)7)17-10-9-15(3)11-16(17)4/h9-14H,1-8H3/q+1. The van der Waals surface area contributed by atoms with Crippen LogP contribution in [0.5, 0.6) is 0 Å². The summed E-state index contributed by atoms with van der Waals surface area (Å²) in [5.74, 6) is 8.06. The van der Waals surface area contributed by atoms with Crippen LogP contribution >= 0.6 is 0 Å². The zero-order chi connectivity index (χ0) is 16.7. The first-order valence-corrected chi connectivity index (χ1v) is 15.6. The molecule has 0 aliphatic carbocycles. The van der Waals surface area contributed by atoms with Gasteiger partial charge in [-0.25, -0.2) is 0 Å². The molecular formula is C20H30GeN+. The molecule has 0 spiro atoms. The van der Waals surface area contributed by atoms with Crippen LogP contribution in [0.2, 0.25) is 17.3 Å². The summed E-state index contributed by atoms with van der Waals surface area (Å²) in [5.41, 5.74) is 6.92. The number of rotatable bonds is 3. The van der Waals surface area contributed by atoms with Crippen LogP contribution in [0.1, 0.15) is 36.5 Å². The quantitative estimate of drug-likeness (QED) is 0.564. The molecule has 0 atom stereocenters. The second kappa shape index (κ2) is 6.19. The molecule has 118 valence electrons. The summed E-state index contributed by atoms with van der Waals surface area (Å²) in [6.07, 6.45) is 2.37. The molecule has 2 heteroatoms. The molecule has 1 nitrogen and oxygen atoms in total. The summed E-state index contributed by atoms with van der Waals surface area (Å²) in [6, 6.07) is 9.25. The molecular weight excluding hydrogens is 327 g/mol. The summed E-state index contributed by atoms with van der Waals surface area (Å²) in [4.78, 5) is 0. The molecule has 0 radical (unpaired) electrons. The van der Waals surface area contributed by atoms with Gasteiger partial charge in [-0.05, 0) is 0 Å². The third kappa shape index (κ3) is 3.45. The van der Waals surface area contributed by atoms with E-state index in [-0.39, 0.29) is 0 Å². The Morgan fingerprint density at radius 2 is 1.64 bits per heavy atom. The molecule has 0 aliphatic heterocycles. The van der Waals surface area contributed by atoms with Gasteiger partial charge in [-0.2, -0.15) is 0 Å². The SMILES string of the molecule is Cc1ccc(-c2c[c]([Ge]([CH3])([CH3])[CH3])c(C(C)C)c[n+]2C)c(C)c1. The van der Waals surface area contributed by atoms with Crippen molar-refractivity contribution in [3.8, 4) is 11.3 Å². The molecule has 22 heavy (non-hydrogen) atoms. The average molecular weight is 357 g/mol. The van der Waals surface area contributed by atoms with Crippen molar-refractivity contribution in [3.63, 3.8) is 0 Å². The Kier molecular flexibility index (Phi) is 4.86. The van der Waals surface area contributed by atoms with Crippen molar-refractivity contribution >= 4 is 17.7 Å². The molecule has 0 saturated heterocycles. The number of benzene rings is 1. The van der Waals surface area contributed by atoms with Crippen LogP contribution in [0.3, 0.4) is 0 Å². The molecule has 0 fully saturated rings. The van der Waals surface area contributed by atoms with Gasteiger partial charge >= 0.3 is 139 Å². The zero-order valence-electron chi connectivity index (χ0n) is 15.4. The van der Waals surface area contributed by atoms with Crippen LogP contribution in [0.4, 0.5) is 0 Å². The second-order valence-electron chi connectivity index (χ2n) is 7.86. The van der Waals surface area contributed by atoms with Crippen molar-refractivity contribution in [2.45, 2.75) is 50.9 Å². The van der Waals surface area contributed by atoms with Crippen molar-refractivity contribution in [1.82, 2.24) is 0 Å². The minimum absolute atomic E-state index is 0.583. The molecule has 1 aromatic carbocycles. The third-order valence-electron chi connectivity index (χ3n) is 4.39. The van der Waals surface area contributed by atoms with E-state index in [9.17, 15) is 0 Å². The normalized spacial score (nSPS) is 12.0. The van der Waals surface area contributed by atoms with E-state index in [1.54, 1.807) is 4.40 Å². The van der Waals surface area contributed by atoms with E-state index in [1.807, 2.05) is 0 Å². The van der Waals surface area contributed by atoms with E-state index in [4.69, 9.17) is 0 Å². The Balaban J connectivity index is 2.73. The maximum atomic E-state index is 2.49. The van der Waals surface area contributed by atoms with Gasteiger partial charge in [0.25, 0.3) is 0 Å². The maximum absolute atomic E-state index is 2.49. The third-order valence-corrected chi connectivity index (χ3v) is 8.69. The van der Waals surface area contributed by atoms with Crippen molar-refractivity contribution in [3.05, 3.63) is 47.2 Å². The number of nitrogens with zero attached hydrogens (tertiary/aromatic N) is 1. The van der Waals surface area contributed by atoms with Gasteiger partial charge in [0.1, 0.15) is 0 Å². The van der Waals surface area contributed by atoms with E-state index in [2.05, 4.69) is 87.0 Å². The van der Waals surface area contributed by atoms with Gasteiger partial charge in [-0.1, -0.05) is 0 Å². The van der Waals surface area contributed by atoms with Crippen molar-refractivity contribution < 1.29 is 4.57 Å². The molecule has 0 bridgehead atoms. The van der Waals surface area contributed by atoms with Crippen LogP contribution in [0, 0.1) is 13.8 Å². The van der Waals surface area contributed by atoms with Gasteiger partial charge in [0.2, 0.25) is 0 Å². The molecule has 2 rings (SSSR count). The first-order chi connectivity index (χ1) is 10.1. The Morgan fingerprint density at radius 1 is 1.00 bits per heavy atom. The number of aryl methyl sites for hydroxylation is 3. The fourth-order valence-electron chi connectivity index (χ4n) is 3.15. The van der Waals surface area contributed by atoms with Gasteiger partial charge in [0.05, 0.1) is 0 Å². The van der Waals surface area contributed by atoms with E-state index in [1.165, 1.54) is 27.9 Å². The van der Waals surface area contributed by atoms with Crippen LogP contribution < -0.4 is 8.96 Å². The molecule has 0 unspecified atom stereocenters. The van der Waals surface area contributed by atoms with Gasteiger partial charge in [0, 0.05) is 0 Å². The van der Waals surface area contributed by atoms with Crippen LogP contribution in [-0.2, 0) is 7.05 Å². The van der Waals surface area contributed by atoms with Crippen molar-refractivity contribution in [2.24, 2.45) is 7.05 Å². The molecule has 2 aromatic rings. The Bertz CT molecular complexity index is 694. The summed E-state index contributed by atoms with van der Waals surface area (Å²) in [7, 11) is 2.18. The number of hydrogen-bond acceptors (Lipinski definition) is 0. The average Bonchev–Trinajstić information content (AvgIpc) is 2.37. The monoisotopic (exact) mass is 358 g/mol. The van der Waals surface area contributed by atoms with Gasteiger partial charge < -0.3 is 0 Å². The first kappa shape index (κ1) is 17.3. The van der Waals surface area contributed by atoms with E-state index >= 15 is 0 Å². The first-order valence-electron chi connectivity index (χ1n) is 8.23. The van der Waals surface area contributed by atoms with Crippen LogP contribution in [0.25, 0.3) is 11.3 Å². The molecule has 0 aliphatic rings. The van der Waals surface area contributed by atoms with Gasteiger partial charge in [0.15, 0.2) is 0 Å². The number of hydrogen-bond donors (Lipinski definition) is 0. The Hall–Kier alpha value is -1.09. The zero-order valence-corrected chi connectivity index (χ0v) is 17.5. The molecule has 0 N–H and O–H groups in total. The predicted octanol–water partition coefficient (Wildman–Crippen LogP) is 4.46. The number of pyridine rings is 1. The Morgan fingerprint density at radius 3 is 2.14 bits per heavy atom. The van der Waals surface area contributed by atoms with Gasteiger partial charge in [-0.15, -0.1) is 0 Å². The Labute approximate surface area is 138 Å².